The molecule has 0 aromatic heterocycles. The van der Waals surface area contributed by atoms with Gasteiger partial charge in [-0.15, -0.1) is 0 Å². The Kier molecular flexibility index (Phi) is 3.69. The van der Waals surface area contributed by atoms with Crippen molar-refractivity contribution in [3.63, 3.8) is 0 Å². The van der Waals surface area contributed by atoms with Gasteiger partial charge >= 0.3 is 0 Å². The van der Waals surface area contributed by atoms with E-state index in [1.807, 2.05) is 24.3 Å². The molecule has 1 atom stereocenters. The third kappa shape index (κ3) is 2.67. The van der Waals surface area contributed by atoms with E-state index >= 15 is 0 Å². The Balaban J connectivity index is 1.63. The van der Waals surface area contributed by atoms with E-state index in [2.05, 4.69) is 10.6 Å². The highest BCUT2D eigenvalue weighted by Crippen LogP contribution is 2.23. The van der Waals surface area contributed by atoms with Gasteiger partial charge in [0.2, 0.25) is 11.8 Å². The SMILES string of the molecule is O=C(Nc1ccc(N2CCCC2=O)cc1)[C@@H]1CCCN1. The molecule has 0 saturated carbocycles. The maximum Gasteiger partial charge on any atom is 0.241 e. The lowest BCUT2D eigenvalue weighted by atomic mass is 10.2. The number of amides is 2. The van der Waals surface area contributed by atoms with Crippen molar-refractivity contribution in [1.82, 2.24) is 5.32 Å². The second-order valence-electron chi connectivity index (χ2n) is 5.33. The summed E-state index contributed by atoms with van der Waals surface area (Å²) in [6, 6.07) is 7.42. The number of nitrogens with one attached hydrogen (secondary N) is 2. The molecular weight excluding hydrogens is 254 g/mol. The van der Waals surface area contributed by atoms with Crippen LogP contribution in [0.2, 0.25) is 0 Å². The molecule has 5 heteroatoms. The van der Waals surface area contributed by atoms with Gasteiger partial charge in [0.1, 0.15) is 0 Å². The average Bonchev–Trinajstić information content (AvgIpc) is 3.11. The van der Waals surface area contributed by atoms with Crippen molar-refractivity contribution < 1.29 is 9.59 Å². The Labute approximate surface area is 118 Å². The maximum absolute atomic E-state index is 12.0. The molecule has 0 unspecified atom stereocenters. The highest BCUT2D eigenvalue weighted by Gasteiger charge is 2.23. The quantitative estimate of drug-likeness (QED) is 0.877. The number of hydrogen-bond acceptors (Lipinski definition) is 3. The van der Waals surface area contributed by atoms with E-state index in [1.165, 1.54) is 0 Å². The number of anilines is 2. The van der Waals surface area contributed by atoms with Gasteiger partial charge in [-0.25, -0.2) is 0 Å². The first-order valence-corrected chi connectivity index (χ1v) is 7.19. The summed E-state index contributed by atoms with van der Waals surface area (Å²) < 4.78 is 0. The van der Waals surface area contributed by atoms with Crippen molar-refractivity contribution >= 4 is 23.2 Å². The van der Waals surface area contributed by atoms with Crippen LogP contribution in [0.4, 0.5) is 11.4 Å². The van der Waals surface area contributed by atoms with Gasteiger partial charge in [-0.2, -0.15) is 0 Å². The van der Waals surface area contributed by atoms with Crippen LogP contribution in [-0.4, -0.2) is 30.9 Å². The van der Waals surface area contributed by atoms with Crippen molar-refractivity contribution in [2.24, 2.45) is 0 Å². The van der Waals surface area contributed by atoms with Gasteiger partial charge in [0, 0.05) is 24.3 Å². The van der Waals surface area contributed by atoms with Crippen LogP contribution in [0.15, 0.2) is 24.3 Å². The van der Waals surface area contributed by atoms with Crippen LogP contribution in [0, 0.1) is 0 Å². The Morgan fingerprint density at radius 3 is 2.65 bits per heavy atom. The van der Waals surface area contributed by atoms with E-state index in [0.717, 1.165) is 43.7 Å². The van der Waals surface area contributed by atoms with Crippen molar-refractivity contribution in [3.05, 3.63) is 24.3 Å². The third-order valence-electron chi connectivity index (χ3n) is 3.90. The second-order valence-corrected chi connectivity index (χ2v) is 5.33. The topological polar surface area (TPSA) is 61.4 Å². The minimum atomic E-state index is -0.0742. The molecule has 1 aromatic carbocycles. The van der Waals surface area contributed by atoms with Crippen LogP contribution in [0.1, 0.15) is 25.7 Å². The van der Waals surface area contributed by atoms with Gasteiger partial charge in [-0.1, -0.05) is 0 Å². The number of hydrogen-bond donors (Lipinski definition) is 2. The second kappa shape index (κ2) is 5.63. The van der Waals surface area contributed by atoms with Gasteiger partial charge in [-0.05, 0) is 50.1 Å². The smallest absolute Gasteiger partial charge is 0.241 e. The molecule has 2 aliphatic heterocycles. The zero-order chi connectivity index (χ0) is 13.9. The lowest BCUT2D eigenvalue weighted by Crippen LogP contribution is -2.35. The summed E-state index contributed by atoms with van der Waals surface area (Å²) >= 11 is 0. The molecule has 106 valence electrons. The Morgan fingerprint density at radius 2 is 2.05 bits per heavy atom. The molecule has 3 rings (SSSR count). The van der Waals surface area contributed by atoms with Gasteiger partial charge in [0.15, 0.2) is 0 Å². The third-order valence-corrected chi connectivity index (χ3v) is 3.90. The number of carbonyl (C=O) groups is 2. The minimum Gasteiger partial charge on any atom is -0.325 e. The molecule has 2 fully saturated rings. The van der Waals surface area contributed by atoms with E-state index in [0.29, 0.717) is 6.42 Å². The average molecular weight is 273 g/mol. The standard InChI is InChI=1S/C15H19N3O2/c19-14-4-2-10-18(14)12-7-5-11(6-8-12)17-15(20)13-3-1-9-16-13/h5-8,13,16H,1-4,9-10H2,(H,17,20)/t13-/m0/s1. The fraction of sp³-hybridized carbons (Fsp3) is 0.467. The molecule has 5 nitrogen and oxygen atoms in total. The Hall–Kier alpha value is -1.88. The van der Waals surface area contributed by atoms with Crippen molar-refractivity contribution in [2.45, 2.75) is 31.7 Å². The number of rotatable bonds is 3. The molecule has 2 heterocycles. The van der Waals surface area contributed by atoms with Crippen LogP contribution >= 0.6 is 0 Å². The first-order chi connectivity index (χ1) is 9.74. The van der Waals surface area contributed by atoms with Crippen molar-refractivity contribution in [3.8, 4) is 0 Å². The predicted octanol–water partition coefficient (Wildman–Crippen LogP) is 1.50. The number of benzene rings is 1. The zero-order valence-electron chi connectivity index (χ0n) is 11.4. The summed E-state index contributed by atoms with van der Waals surface area (Å²) in [5.74, 6) is 0.199. The molecule has 20 heavy (non-hydrogen) atoms. The summed E-state index contributed by atoms with van der Waals surface area (Å²) in [5, 5.41) is 6.08. The zero-order valence-corrected chi connectivity index (χ0v) is 11.4. The molecule has 2 aliphatic rings. The molecular formula is C15H19N3O2. The molecule has 0 aliphatic carbocycles. The Bertz CT molecular complexity index is 506. The van der Waals surface area contributed by atoms with Crippen LogP contribution in [-0.2, 0) is 9.59 Å². The monoisotopic (exact) mass is 273 g/mol. The van der Waals surface area contributed by atoms with Crippen LogP contribution < -0.4 is 15.5 Å². The van der Waals surface area contributed by atoms with E-state index < -0.39 is 0 Å². The lowest BCUT2D eigenvalue weighted by Gasteiger charge is -2.16. The van der Waals surface area contributed by atoms with Crippen LogP contribution in [0.25, 0.3) is 0 Å². The normalized spacial score (nSPS) is 22.3. The maximum atomic E-state index is 12.0. The first kappa shape index (κ1) is 13.1. The fourth-order valence-electron chi connectivity index (χ4n) is 2.78. The fourth-order valence-corrected chi connectivity index (χ4v) is 2.78. The van der Waals surface area contributed by atoms with E-state index in [-0.39, 0.29) is 17.9 Å². The largest absolute Gasteiger partial charge is 0.325 e. The lowest BCUT2D eigenvalue weighted by molar-refractivity contribution is -0.118. The van der Waals surface area contributed by atoms with Gasteiger partial charge in [-0.3, -0.25) is 9.59 Å². The van der Waals surface area contributed by atoms with E-state index in [1.54, 1.807) is 4.90 Å². The van der Waals surface area contributed by atoms with Gasteiger partial charge in [0.25, 0.3) is 0 Å². The molecule has 1 aromatic rings. The highest BCUT2D eigenvalue weighted by molar-refractivity contribution is 5.97. The minimum absolute atomic E-state index is 0.0208. The van der Waals surface area contributed by atoms with Crippen LogP contribution in [0.3, 0.4) is 0 Å². The van der Waals surface area contributed by atoms with E-state index in [4.69, 9.17) is 0 Å². The summed E-state index contributed by atoms with van der Waals surface area (Å²) in [5.41, 5.74) is 1.68. The number of nitrogens with zero attached hydrogens (tertiary/aromatic N) is 1. The Morgan fingerprint density at radius 1 is 1.25 bits per heavy atom. The summed E-state index contributed by atoms with van der Waals surface area (Å²) in [4.78, 5) is 25.4. The van der Waals surface area contributed by atoms with Gasteiger partial charge in [0.05, 0.1) is 6.04 Å². The summed E-state index contributed by atoms with van der Waals surface area (Å²) in [6.45, 7) is 1.70. The molecule has 0 spiro atoms. The summed E-state index contributed by atoms with van der Waals surface area (Å²) in [6.07, 6.45) is 3.50. The van der Waals surface area contributed by atoms with E-state index in [9.17, 15) is 9.59 Å². The summed E-state index contributed by atoms with van der Waals surface area (Å²) in [7, 11) is 0. The van der Waals surface area contributed by atoms with Gasteiger partial charge < -0.3 is 15.5 Å². The number of carbonyl (C=O) groups excluding carboxylic acids is 2. The first-order valence-electron chi connectivity index (χ1n) is 7.19. The molecule has 2 amide bonds. The molecule has 2 saturated heterocycles. The van der Waals surface area contributed by atoms with Crippen LogP contribution in [0.5, 0.6) is 0 Å². The molecule has 0 bridgehead atoms. The molecule has 2 N–H and O–H groups in total. The van der Waals surface area contributed by atoms with Crippen molar-refractivity contribution in [2.75, 3.05) is 23.3 Å². The predicted molar refractivity (Wildman–Crippen MR) is 77.7 cm³/mol. The van der Waals surface area contributed by atoms with Crippen molar-refractivity contribution in [1.29, 1.82) is 0 Å². The highest BCUT2D eigenvalue weighted by atomic mass is 16.2. The molecule has 0 radical (unpaired) electrons.